The van der Waals surface area contributed by atoms with Crippen molar-refractivity contribution in [3.63, 3.8) is 0 Å². The summed E-state index contributed by atoms with van der Waals surface area (Å²) in [6.07, 6.45) is 0. The lowest BCUT2D eigenvalue weighted by Gasteiger charge is -2.23. The number of carbonyl (C=O) groups excluding carboxylic acids is 2. The van der Waals surface area contributed by atoms with Gasteiger partial charge in [-0.1, -0.05) is 36.4 Å². The number of aliphatic hydroxyl groups excluding tert-OH is 1. The molecule has 0 amide bonds. The minimum absolute atomic E-state index is 0.0934. The molecule has 6 heteroatoms. The lowest BCUT2D eigenvalue weighted by molar-refractivity contribution is 0.0980. The first-order valence-corrected chi connectivity index (χ1v) is 9.07. The van der Waals surface area contributed by atoms with Gasteiger partial charge < -0.3 is 16.2 Å². The van der Waals surface area contributed by atoms with Crippen molar-refractivity contribution in [1.82, 2.24) is 0 Å². The van der Waals surface area contributed by atoms with Crippen LogP contribution in [0.1, 0.15) is 37.4 Å². The Morgan fingerprint density at radius 3 is 2.26 bits per heavy atom. The number of benzene rings is 3. The van der Waals surface area contributed by atoms with Crippen molar-refractivity contribution >= 4 is 44.6 Å². The minimum atomic E-state index is -0.272. The molecule has 3 aromatic carbocycles. The molecule has 5 nitrogen and oxygen atoms in total. The van der Waals surface area contributed by atoms with Crippen LogP contribution in [0, 0.1) is 0 Å². The number of fused-ring (bicyclic) bond motifs is 2. The summed E-state index contributed by atoms with van der Waals surface area (Å²) in [5.41, 5.74) is 9.47. The van der Waals surface area contributed by atoms with Gasteiger partial charge in [-0.25, -0.2) is 0 Å². The molecule has 0 fully saturated rings. The zero-order chi connectivity index (χ0) is 19.1. The van der Waals surface area contributed by atoms with Crippen LogP contribution in [0.4, 0.5) is 17.1 Å². The fourth-order valence-electron chi connectivity index (χ4n) is 3.29. The van der Waals surface area contributed by atoms with E-state index in [1.165, 1.54) is 0 Å². The van der Waals surface area contributed by atoms with Gasteiger partial charge >= 0.3 is 0 Å². The van der Waals surface area contributed by atoms with Crippen molar-refractivity contribution in [3.8, 4) is 0 Å². The zero-order valence-electron chi connectivity index (χ0n) is 14.1. The summed E-state index contributed by atoms with van der Waals surface area (Å²) in [5.74, 6) is -0.522. The Morgan fingerprint density at radius 2 is 1.59 bits per heavy atom. The van der Waals surface area contributed by atoms with Crippen LogP contribution in [0.3, 0.4) is 0 Å². The Kier molecular flexibility index (Phi) is 4.30. The van der Waals surface area contributed by atoms with Crippen LogP contribution in [-0.2, 0) is 6.61 Å². The second-order valence-electron chi connectivity index (χ2n) is 6.26. The first kappa shape index (κ1) is 17.5. The Morgan fingerprint density at radius 1 is 0.926 bits per heavy atom. The molecule has 0 saturated carbocycles. The molecular weight excluding hydrogens is 408 g/mol. The molecule has 4 rings (SSSR count). The van der Waals surface area contributed by atoms with E-state index in [1.54, 1.807) is 48.5 Å². The van der Waals surface area contributed by atoms with Crippen molar-refractivity contribution < 1.29 is 14.7 Å². The Labute approximate surface area is 164 Å². The molecule has 0 aliphatic heterocycles. The molecule has 0 atom stereocenters. The van der Waals surface area contributed by atoms with E-state index in [0.29, 0.717) is 27.0 Å². The lowest BCUT2D eigenvalue weighted by Crippen LogP contribution is -2.23. The molecule has 4 N–H and O–H groups in total. The van der Waals surface area contributed by atoms with Crippen molar-refractivity contribution in [2.45, 2.75) is 6.61 Å². The number of nitrogen functional groups attached to an aromatic ring is 1. The molecule has 3 aromatic rings. The number of hydrogen-bond acceptors (Lipinski definition) is 5. The number of aliphatic hydroxyl groups is 1. The first-order chi connectivity index (χ1) is 13.0. The maximum Gasteiger partial charge on any atom is 0.196 e. The number of halogens is 1. The van der Waals surface area contributed by atoms with Crippen LogP contribution in [0.15, 0.2) is 59.1 Å². The number of carbonyl (C=O) groups is 2. The normalized spacial score (nSPS) is 12.5. The van der Waals surface area contributed by atoms with Gasteiger partial charge in [0.05, 0.1) is 29.1 Å². The summed E-state index contributed by atoms with van der Waals surface area (Å²) in [4.78, 5) is 26.2. The second kappa shape index (κ2) is 6.64. The van der Waals surface area contributed by atoms with E-state index in [9.17, 15) is 14.7 Å². The molecule has 1 aliphatic rings. The van der Waals surface area contributed by atoms with Crippen LogP contribution < -0.4 is 11.1 Å². The van der Waals surface area contributed by atoms with Gasteiger partial charge in [-0.15, -0.1) is 0 Å². The average Bonchev–Trinajstić information content (AvgIpc) is 2.69. The van der Waals surface area contributed by atoms with Crippen molar-refractivity contribution in [2.75, 3.05) is 11.1 Å². The molecule has 134 valence electrons. The average molecular weight is 423 g/mol. The van der Waals surface area contributed by atoms with Crippen LogP contribution in [0.25, 0.3) is 0 Å². The number of ketones is 2. The standard InChI is InChI=1S/C21H15BrN2O3/c22-15-9-16(24-12-5-3-4-11(8-12)10-25)17-18(19(15)23)21(27)14-7-2-1-6-13(14)20(17)26/h1-9,24-25H,10,23H2. The Bertz CT molecular complexity index is 1110. The minimum Gasteiger partial charge on any atom is -0.397 e. The van der Waals surface area contributed by atoms with E-state index in [0.717, 1.165) is 5.56 Å². The number of rotatable bonds is 3. The quantitative estimate of drug-likeness (QED) is 0.433. The van der Waals surface area contributed by atoms with Gasteiger partial charge in [-0.2, -0.15) is 0 Å². The highest BCUT2D eigenvalue weighted by Gasteiger charge is 2.34. The second-order valence-corrected chi connectivity index (χ2v) is 7.11. The van der Waals surface area contributed by atoms with Crippen LogP contribution in [0.2, 0.25) is 0 Å². The molecule has 1 aliphatic carbocycles. The SMILES string of the molecule is Nc1c(Br)cc(Nc2cccc(CO)c2)c2c1C(=O)c1ccccc1C2=O. The zero-order valence-corrected chi connectivity index (χ0v) is 15.7. The van der Waals surface area contributed by atoms with Crippen LogP contribution in [0.5, 0.6) is 0 Å². The van der Waals surface area contributed by atoms with Gasteiger partial charge in [-0.05, 0) is 39.7 Å². The molecule has 0 spiro atoms. The summed E-state index contributed by atoms with van der Waals surface area (Å²) in [6, 6.07) is 15.6. The number of anilines is 3. The maximum atomic E-state index is 13.1. The molecule has 0 bridgehead atoms. The van der Waals surface area contributed by atoms with E-state index < -0.39 is 0 Å². The van der Waals surface area contributed by atoms with Gasteiger partial charge in [0.1, 0.15) is 0 Å². The van der Waals surface area contributed by atoms with Gasteiger partial charge in [0.2, 0.25) is 0 Å². The third-order valence-electron chi connectivity index (χ3n) is 4.58. The predicted octanol–water partition coefficient (Wildman–Crippen LogP) is 4.04. The monoisotopic (exact) mass is 422 g/mol. The fourth-order valence-corrected chi connectivity index (χ4v) is 3.71. The number of nitrogens with one attached hydrogen (secondary N) is 1. The lowest BCUT2D eigenvalue weighted by atomic mass is 9.82. The van der Waals surface area contributed by atoms with Gasteiger partial charge in [0.15, 0.2) is 11.6 Å². The maximum absolute atomic E-state index is 13.1. The number of nitrogens with two attached hydrogens (primary N) is 1. The molecule has 0 radical (unpaired) electrons. The Balaban J connectivity index is 1.91. The number of hydrogen-bond donors (Lipinski definition) is 3. The summed E-state index contributed by atoms with van der Waals surface area (Å²) in [6.45, 7) is -0.0934. The predicted molar refractivity (Wildman–Crippen MR) is 108 cm³/mol. The smallest absolute Gasteiger partial charge is 0.196 e. The fraction of sp³-hybridized carbons (Fsp3) is 0.0476. The Hall–Kier alpha value is -2.96. The molecule has 0 saturated heterocycles. The highest BCUT2D eigenvalue weighted by Crippen LogP contribution is 2.40. The summed E-state index contributed by atoms with van der Waals surface area (Å²) in [7, 11) is 0. The molecule has 0 aromatic heterocycles. The first-order valence-electron chi connectivity index (χ1n) is 8.28. The summed E-state index contributed by atoms with van der Waals surface area (Å²) < 4.78 is 0.530. The molecular formula is C21H15BrN2O3. The molecule has 0 heterocycles. The van der Waals surface area contributed by atoms with Gasteiger partial charge in [-0.3, -0.25) is 9.59 Å². The van der Waals surface area contributed by atoms with E-state index in [-0.39, 0.29) is 35.0 Å². The van der Waals surface area contributed by atoms with Crippen LogP contribution >= 0.6 is 15.9 Å². The molecule has 27 heavy (non-hydrogen) atoms. The highest BCUT2D eigenvalue weighted by molar-refractivity contribution is 9.10. The van der Waals surface area contributed by atoms with Crippen LogP contribution in [-0.4, -0.2) is 16.7 Å². The van der Waals surface area contributed by atoms with Crippen molar-refractivity contribution in [2.24, 2.45) is 0 Å². The highest BCUT2D eigenvalue weighted by atomic mass is 79.9. The van der Waals surface area contributed by atoms with E-state index >= 15 is 0 Å². The third kappa shape index (κ3) is 2.83. The van der Waals surface area contributed by atoms with Crippen molar-refractivity contribution in [3.05, 3.63) is 86.9 Å². The van der Waals surface area contributed by atoms with E-state index in [2.05, 4.69) is 21.2 Å². The van der Waals surface area contributed by atoms with E-state index in [1.807, 2.05) is 6.07 Å². The third-order valence-corrected chi connectivity index (χ3v) is 5.23. The van der Waals surface area contributed by atoms with Gasteiger partial charge in [0.25, 0.3) is 0 Å². The topological polar surface area (TPSA) is 92.4 Å². The largest absolute Gasteiger partial charge is 0.397 e. The summed E-state index contributed by atoms with van der Waals surface area (Å²) >= 11 is 3.39. The van der Waals surface area contributed by atoms with Crippen molar-refractivity contribution in [1.29, 1.82) is 0 Å². The van der Waals surface area contributed by atoms with E-state index in [4.69, 9.17) is 5.73 Å². The van der Waals surface area contributed by atoms with Gasteiger partial charge in [0, 0.05) is 21.3 Å². The molecule has 0 unspecified atom stereocenters. The summed E-state index contributed by atoms with van der Waals surface area (Å²) in [5, 5.41) is 12.5.